The van der Waals surface area contributed by atoms with E-state index in [9.17, 15) is 51.9 Å². The summed E-state index contributed by atoms with van der Waals surface area (Å²) in [7, 11) is -20.5. The minimum absolute atomic E-state index is 0.0217. The highest BCUT2D eigenvalue weighted by Gasteiger charge is 2.28. The van der Waals surface area contributed by atoms with E-state index in [1.165, 1.54) is 48.5 Å². The van der Waals surface area contributed by atoms with Gasteiger partial charge in [-0.25, -0.2) is 9.98 Å². The predicted octanol–water partition coefficient (Wildman–Crippen LogP) is 9.96. The van der Waals surface area contributed by atoms with Crippen LogP contribution < -0.4 is 21.3 Å². The molecule has 6 N–H and O–H groups in total. The molecular weight excluding hydrogens is 1020 g/mol. The van der Waals surface area contributed by atoms with Crippen molar-refractivity contribution in [3.05, 3.63) is 166 Å². The number of anilines is 4. The van der Waals surface area contributed by atoms with Gasteiger partial charge in [0.2, 0.25) is 0 Å². The number of nitrogens with one attached hydrogen (secondary N) is 2. The molecule has 368 valence electrons. The number of rotatable bonds is 4. The highest BCUT2D eigenvalue weighted by Crippen LogP contribution is 2.44. The van der Waals surface area contributed by atoms with Crippen LogP contribution in [0.25, 0.3) is 65.3 Å². The van der Waals surface area contributed by atoms with E-state index in [2.05, 4.69) is 10.6 Å². The van der Waals surface area contributed by atoms with Gasteiger partial charge in [0, 0.05) is 77.3 Å². The van der Waals surface area contributed by atoms with Crippen LogP contribution in [-0.2, 0) is 66.2 Å². The summed E-state index contributed by atoms with van der Waals surface area (Å²) < 4.78 is 150. The van der Waals surface area contributed by atoms with E-state index in [4.69, 9.17) is 9.98 Å². The lowest BCUT2D eigenvalue weighted by Gasteiger charge is -2.18. The molecule has 20 heteroatoms. The minimum atomic E-state index is -5.13. The van der Waals surface area contributed by atoms with E-state index >= 15 is 0 Å². The molecule has 16 nitrogen and oxygen atoms in total. The van der Waals surface area contributed by atoms with Gasteiger partial charge in [0.05, 0.1) is 22.1 Å². The van der Waals surface area contributed by atoms with Crippen LogP contribution in [0.4, 0.5) is 34.1 Å². The molecule has 2 aliphatic carbocycles. The Morgan fingerprint density at radius 1 is 0.338 bits per heavy atom. The zero-order chi connectivity index (χ0) is 51.4. The summed E-state index contributed by atoms with van der Waals surface area (Å²) in [5.41, 5.74) is 4.36. The normalized spacial score (nSPS) is 14.3. The Bertz CT molecular complexity index is 4530. The molecule has 0 saturated carbocycles. The molecule has 0 unspecified atom stereocenters. The topological polar surface area (TPSA) is 266 Å². The van der Waals surface area contributed by atoms with Gasteiger partial charge < -0.3 is 10.6 Å². The maximum atomic E-state index is 13.3. The van der Waals surface area contributed by atoms with Crippen molar-refractivity contribution in [3.63, 3.8) is 0 Å². The molecule has 74 heavy (non-hydrogen) atoms. The van der Waals surface area contributed by atoms with E-state index in [1.807, 2.05) is 48.5 Å². The van der Waals surface area contributed by atoms with Gasteiger partial charge in [0.1, 0.15) is 19.6 Å². The van der Waals surface area contributed by atoms with E-state index in [-0.39, 0.29) is 45.0 Å². The molecule has 12 aliphatic rings. The van der Waals surface area contributed by atoms with E-state index in [0.29, 0.717) is 43.6 Å². The van der Waals surface area contributed by atoms with Crippen molar-refractivity contribution >= 4 is 118 Å². The monoisotopic (exact) mass is 1060 g/mol. The fourth-order valence-corrected chi connectivity index (χ4v) is 14.1. The quantitative estimate of drug-likeness (QED) is 0.0896. The predicted molar refractivity (Wildman–Crippen MR) is 280 cm³/mol. The molecule has 0 atom stereocenters. The first-order valence-electron chi connectivity index (χ1n) is 22.9. The van der Waals surface area contributed by atoms with E-state index in [1.54, 1.807) is 12.1 Å². The van der Waals surface area contributed by atoms with Crippen molar-refractivity contribution in [1.82, 2.24) is 0 Å². The zero-order valence-corrected chi connectivity index (χ0v) is 41.4. The van der Waals surface area contributed by atoms with Crippen LogP contribution in [0.2, 0.25) is 0 Å². The third-order valence-corrected chi connectivity index (χ3v) is 17.9. The van der Waals surface area contributed by atoms with Crippen LogP contribution in [0.15, 0.2) is 163 Å². The highest BCUT2D eigenvalue weighted by molar-refractivity contribution is 7.87. The van der Waals surface area contributed by atoms with Gasteiger partial charge in [-0.3, -0.25) is 18.2 Å². The van der Waals surface area contributed by atoms with E-state index in [0.717, 1.165) is 93.7 Å². The Balaban J connectivity index is 1.13. The molecule has 0 radical (unpaired) electrons. The Hall–Kier alpha value is -7.66. The molecule has 10 aromatic rings. The van der Waals surface area contributed by atoms with Crippen molar-refractivity contribution in [2.75, 3.05) is 10.6 Å². The molecule has 10 heterocycles. The van der Waals surface area contributed by atoms with Gasteiger partial charge >= 0.3 is 0 Å². The smallest absolute Gasteiger partial charge is 0.295 e. The van der Waals surface area contributed by atoms with Gasteiger partial charge in [-0.2, -0.15) is 33.7 Å². The van der Waals surface area contributed by atoms with Crippen LogP contribution >= 0.6 is 0 Å². The molecule has 22 rings (SSSR count). The van der Waals surface area contributed by atoms with Crippen LogP contribution in [0, 0.1) is 0 Å². The van der Waals surface area contributed by atoms with Crippen molar-refractivity contribution < 1.29 is 51.9 Å². The average molecular weight is 1060 g/mol. The van der Waals surface area contributed by atoms with Crippen molar-refractivity contribution in [1.29, 1.82) is 0 Å². The summed E-state index contributed by atoms with van der Waals surface area (Å²) in [4.78, 5) is 6.99. The lowest BCUT2D eigenvalue weighted by Crippen LogP contribution is -2.09. The van der Waals surface area contributed by atoms with Crippen molar-refractivity contribution in [3.8, 4) is 22.3 Å². The fraction of sp³-hybridized carbons (Fsp3) is 0.0741. The third-order valence-electron chi connectivity index (χ3n) is 14.3. The summed E-state index contributed by atoms with van der Waals surface area (Å²) in [6, 6.07) is 34.2. The SMILES string of the molecule is O=S(=O)(O)c1cc2ccc1-c1ccc(cc1S(=O)(=O)O)N=c1cc(c3ccc4c5c(ccc1c35)CC4)Nc1ccc(c(S(=O)(=O)O)c1)-c1ccc(cc1S(=O)(=O)O)Nc1cc(c3ccc4c5c(ccc1c53)CC4)=N2. The summed E-state index contributed by atoms with van der Waals surface area (Å²) >= 11 is 0. The van der Waals surface area contributed by atoms with E-state index < -0.39 is 60.1 Å². The first-order chi connectivity index (χ1) is 35.2. The number of aryl methyl sites for hydroxylation is 4. The fourth-order valence-electron chi connectivity index (χ4n) is 11.2. The zero-order valence-electron chi connectivity index (χ0n) is 38.1. The van der Waals surface area contributed by atoms with Crippen molar-refractivity contribution in [2.45, 2.75) is 45.3 Å². The number of nitrogens with zero attached hydrogens (tertiary/aromatic N) is 2. The second-order valence-corrected chi connectivity index (χ2v) is 24.2. The molecule has 12 bridgehead atoms. The van der Waals surface area contributed by atoms with Crippen LogP contribution in [0.5, 0.6) is 0 Å². The number of benzene rings is 10. The molecule has 10 aliphatic heterocycles. The Morgan fingerprint density at radius 3 is 0.986 bits per heavy atom. The summed E-state index contributed by atoms with van der Waals surface area (Å²) in [6.07, 6.45) is 3.05. The molecular formula is C54H36N4O12S4. The van der Waals surface area contributed by atoms with Gasteiger partial charge in [0.15, 0.2) is 0 Å². The second-order valence-electron chi connectivity index (χ2n) is 18.6. The van der Waals surface area contributed by atoms with Crippen molar-refractivity contribution in [2.24, 2.45) is 9.98 Å². The van der Waals surface area contributed by atoms with Crippen LogP contribution in [-0.4, -0.2) is 51.9 Å². The molecule has 0 spiro atoms. The first kappa shape index (κ1) is 46.1. The molecule has 0 saturated heterocycles. The largest absolute Gasteiger partial charge is 0.355 e. The van der Waals surface area contributed by atoms with Gasteiger partial charge in [-0.05, 0) is 119 Å². The Labute approximate surface area is 421 Å². The van der Waals surface area contributed by atoms with Gasteiger partial charge in [-0.1, -0.05) is 72.8 Å². The molecule has 10 aromatic carbocycles. The standard InChI is InChI=1S/C54H36N4O12S4/c59-71(60,61)47-21-31-9-17-35(47)37-19-11-33(23-49(37)73(65,66)67)57-45-26-46(42-16-8-30-4-3-29-7-15-41(45)54(42)52(29)30)58-34-12-20-38(50(24-34)74(68,69)70)36-18-10-32(22-48(36)72(62,63)64)56-44-25-43(55-31)39-13-5-27-1-2-28-6-14-40(44)53(39)51(27)28/h5-26,55,57H,1-4H2,(H,59,60,61)(H,62,63,64)(H,65,66,67)(H,68,69,70). The van der Waals surface area contributed by atoms with Crippen LogP contribution in [0.3, 0.4) is 0 Å². The second kappa shape index (κ2) is 15.9. The van der Waals surface area contributed by atoms with Gasteiger partial charge in [-0.15, -0.1) is 0 Å². The minimum Gasteiger partial charge on any atom is -0.355 e. The Morgan fingerprint density at radius 2 is 0.649 bits per heavy atom. The molecule has 0 fully saturated rings. The summed E-state index contributed by atoms with van der Waals surface area (Å²) in [5, 5.41) is 13.3. The number of hydrogen-bond acceptors (Lipinski definition) is 12. The summed E-state index contributed by atoms with van der Waals surface area (Å²) in [5.74, 6) is 0. The summed E-state index contributed by atoms with van der Waals surface area (Å²) in [6.45, 7) is 0. The first-order valence-corrected chi connectivity index (χ1v) is 28.7. The third kappa shape index (κ3) is 7.43. The molecule has 0 aromatic heterocycles. The molecule has 0 amide bonds. The highest BCUT2D eigenvalue weighted by atomic mass is 32.2. The maximum absolute atomic E-state index is 13.3. The number of hydrogen-bond donors (Lipinski definition) is 6. The maximum Gasteiger partial charge on any atom is 0.295 e. The van der Waals surface area contributed by atoms with Crippen LogP contribution in [0.1, 0.15) is 22.3 Å². The van der Waals surface area contributed by atoms with Gasteiger partial charge in [0.25, 0.3) is 40.5 Å². The lowest BCUT2D eigenvalue weighted by molar-refractivity contribution is 0.480. The lowest BCUT2D eigenvalue weighted by atomic mass is 9.95. The Kier molecular flexibility index (Phi) is 9.93. The average Bonchev–Trinajstić information content (AvgIpc) is 3.98.